The van der Waals surface area contributed by atoms with E-state index in [-0.39, 0.29) is 11.8 Å². The number of halogens is 1. The van der Waals surface area contributed by atoms with E-state index in [0.717, 1.165) is 11.5 Å². The van der Waals surface area contributed by atoms with E-state index in [9.17, 15) is 4.79 Å². The van der Waals surface area contributed by atoms with Crippen molar-refractivity contribution in [3.8, 4) is 0 Å². The summed E-state index contributed by atoms with van der Waals surface area (Å²) >= 11 is 5.87. The first-order valence-electron chi connectivity index (χ1n) is 6.30. The summed E-state index contributed by atoms with van der Waals surface area (Å²) in [6, 6.07) is 3.77. The highest BCUT2D eigenvalue weighted by atomic mass is 35.5. The maximum Gasteiger partial charge on any atom is 0.229 e. The smallest absolute Gasteiger partial charge is 0.229 e. The van der Waals surface area contributed by atoms with Crippen LogP contribution >= 0.6 is 11.6 Å². The molecule has 4 nitrogen and oxygen atoms in total. The Bertz CT molecular complexity index is 415. The highest BCUT2D eigenvalue weighted by molar-refractivity contribution is 6.19. The van der Waals surface area contributed by atoms with Gasteiger partial charge >= 0.3 is 0 Å². The van der Waals surface area contributed by atoms with E-state index in [4.69, 9.17) is 20.8 Å². The standard InChI is InChI=1S/C14H22ClNO3/c1-11-5-6-12(19-11)9-16(7-8-18-4)13(17)14(2,3)10-15/h5-6H,7-10H2,1-4H3. The lowest BCUT2D eigenvalue weighted by molar-refractivity contribution is -0.140. The Morgan fingerprint density at radius 1 is 1.47 bits per heavy atom. The fraction of sp³-hybridized carbons (Fsp3) is 0.643. The number of carbonyl (C=O) groups is 1. The molecule has 0 saturated heterocycles. The third-order valence-corrected chi connectivity index (χ3v) is 3.58. The number of hydrogen-bond donors (Lipinski definition) is 0. The maximum atomic E-state index is 12.5. The molecule has 1 heterocycles. The molecule has 0 N–H and O–H groups in total. The molecule has 0 fully saturated rings. The molecule has 1 aromatic heterocycles. The van der Waals surface area contributed by atoms with Crippen molar-refractivity contribution in [2.24, 2.45) is 5.41 Å². The molecule has 1 rings (SSSR count). The average molecular weight is 288 g/mol. The molecular formula is C14H22ClNO3. The summed E-state index contributed by atoms with van der Waals surface area (Å²) in [6.45, 7) is 7.02. The monoisotopic (exact) mass is 287 g/mol. The summed E-state index contributed by atoms with van der Waals surface area (Å²) in [7, 11) is 1.62. The molecular weight excluding hydrogens is 266 g/mol. The van der Waals surface area contributed by atoms with Crippen LogP contribution in [0, 0.1) is 12.3 Å². The zero-order valence-electron chi connectivity index (χ0n) is 12.0. The Morgan fingerprint density at radius 3 is 2.63 bits per heavy atom. The Kier molecular flexibility index (Phi) is 5.88. The lowest BCUT2D eigenvalue weighted by Crippen LogP contribution is -2.43. The average Bonchev–Trinajstić information content (AvgIpc) is 2.79. The van der Waals surface area contributed by atoms with E-state index in [1.165, 1.54) is 0 Å². The number of furan rings is 1. The van der Waals surface area contributed by atoms with Crippen molar-refractivity contribution in [1.82, 2.24) is 4.90 Å². The van der Waals surface area contributed by atoms with Crippen LogP contribution in [0.15, 0.2) is 16.5 Å². The topological polar surface area (TPSA) is 42.7 Å². The quantitative estimate of drug-likeness (QED) is 0.724. The molecule has 0 aliphatic carbocycles. The second kappa shape index (κ2) is 6.96. The lowest BCUT2D eigenvalue weighted by atomic mass is 9.94. The minimum atomic E-state index is -0.586. The number of rotatable bonds is 7. The van der Waals surface area contributed by atoms with Crippen LogP contribution in [-0.4, -0.2) is 36.9 Å². The van der Waals surface area contributed by atoms with Crippen LogP contribution in [0.5, 0.6) is 0 Å². The van der Waals surface area contributed by atoms with Gasteiger partial charge in [-0.1, -0.05) is 0 Å². The minimum Gasteiger partial charge on any atom is -0.464 e. The molecule has 19 heavy (non-hydrogen) atoms. The van der Waals surface area contributed by atoms with E-state index in [1.807, 2.05) is 32.9 Å². The van der Waals surface area contributed by atoms with Crippen LogP contribution < -0.4 is 0 Å². The normalized spacial score (nSPS) is 11.6. The van der Waals surface area contributed by atoms with Crippen molar-refractivity contribution in [3.05, 3.63) is 23.7 Å². The molecule has 1 amide bonds. The largest absolute Gasteiger partial charge is 0.464 e. The van der Waals surface area contributed by atoms with Crippen LogP contribution in [0.2, 0.25) is 0 Å². The molecule has 0 bridgehead atoms. The zero-order valence-corrected chi connectivity index (χ0v) is 12.8. The fourth-order valence-corrected chi connectivity index (χ4v) is 1.81. The molecule has 0 radical (unpaired) electrons. The number of alkyl halides is 1. The van der Waals surface area contributed by atoms with Gasteiger partial charge in [-0.05, 0) is 32.9 Å². The predicted molar refractivity (Wildman–Crippen MR) is 75.2 cm³/mol. The molecule has 0 atom stereocenters. The van der Waals surface area contributed by atoms with Gasteiger partial charge < -0.3 is 14.1 Å². The van der Waals surface area contributed by atoms with Gasteiger partial charge in [0.2, 0.25) is 5.91 Å². The van der Waals surface area contributed by atoms with Gasteiger partial charge in [0.1, 0.15) is 11.5 Å². The Morgan fingerprint density at radius 2 is 2.16 bits per heavy atom. The summed E-state index contributed by atoms with van der Waals surface area (Å²) in [5, 5.41) is 0. The minimum absolute atomic E-state index is 0.00797. The van der Waals surface area contributed by atoms with Gasteiger partial charge in [-0.15, -0.1) is 11.6 Å². The molecule has 0 unspecified atom stereocenters. The summed E-state index contributed by atoms with van der Waals surface area (Å²) in [6.07, 6.45) is 0. The van der Waals surface area contributed by atoms with E-state index in [0.29, 0.717) is 19.7 Å². The molecule has 5 heteroatoms. The molecule has 0 saturated carbocycles. The van der Waals surface area contributed by atoms with Crippen molar-refractivity contribution in [3.63, 3.8) is 0 Å². The molecule has 0 aliphatic heterocycles. The van der Waals surface area contributed by atoms with E-state index >= 15 is 0 Å². The van der Waals surface area contributed by atoms with Crippen LogP contribution in [0.4, 0.5) is 0 Å². The Balaban J connectivity index is 2.79. The number of hydrogen-bond acceptors (Lipinski definition) is 3. The van der Waals surface area contributed by atoms with Crippen LogP contribution in [-0.2, 0) is 16.1 Å². The van der Waals surface area contributed by atoms with Crippen molar-refractivity contribution in [1.29, 1.82) is 0 Å². The molecule has 1 aromatic rings. The number of carbonyl (C=O) groups excluding carboxylic acids is 1. The second-order valence-electron chi connectivity index (χ2n) is 5.25. The van der Waals surface area contributed by atoms with Crippen LogP contribution in [0.3, 0.4) is 0 Å². The lowest BCUT2D eigenvalue weighted by Gasteiger charge is -2.30. The third kappa shape index (κ3) is 4.55. The number of amides is 1. The number of nitrogens with zero attached hydrogens (tertiary/aromatic N) is 1. The van der Waals surface area contributed by atoms with E-state index in [2.05, 4.69) is 0 Å². The summed E-state index contributed by atoms with van der Waals surface area (Å²) in [4.78, 5) is 14.2. The third-order valence-electron chi connectivity index (χ3n) is 2.91. The molecule has 0 spiro atoms. The first-order valence-corrected chi connectivity index (χ1v) is 6.83. The SMILES string of the molecule is COCCN(Cc1ccc(C)o1)C(=O)C(C)(C)CCl. The molecule has 108 valence electrons. The highest BCUT2D eigenvalue weighted by Gasteiger charge is 2.31. The first kappa shape index (κ1) is 16.1. The van der Waals surface area contributed by atoms with Gasteiger partial charge in [-0.3, -0.25) is 4.79 Å². The molecule has 0 aliphatic rings. The van der Waals surface area contributed by atoms with E-state index < -0.39 is 5.41 Å². The first-order chi connectivity index (χ1) is 8.90. The van der Waals surface area contributed by atoms with Gasteiger partial charge in [-0.2, -0.15) is 0 Å². The Hall–Kier alpha value is -1.000. The molecule has 0 aromatic carbocycles. The number of aryl methyl sites for hydroxylation is 1. The van der Waals surface area contributed by atoms with Crippen LogP contribution in [0.25, 0.3) is 0 Å². The number of methoxy groups -OCH3 is 1. The van der Waals surface area contributed by atoms with Gasteiger partial charge in [0.15, 0.2) is 0 Å². The van der Waals surface area contributed by atoms with Gasteiger partial charge in [0.25, 0.3) is 0 Å². The van der Waals surface area contributed by atoms with Crippen molar-refractivity contribution >= 4 is 17.5 Å². The van der Waals surface area contributed by atoms with Crippen molar-refractivity contribution in [2.45, 2.75) is 27.3 Å². The van der Waals surface area contributed by atoms with E-state index in [1.54, 1.807) is 12.0 Å². The maximum absolute atomic E-state index is 12.5. The van der Waals surface area contributed by atoms with Crippen LogP contribution in [0.1, 0.15) is 25.4 Å². The zero-order chi connectivity index (χ0) is 14.5. The summed E-state index contributed by atoms with van der Waals surface area (Å²) in [5.74, 6) is 1.90. The van der Waals surface area contributed by atoms with Gasteiger partial charge in [0, 0.05) is 19.5 Å². The van der Waals surface area contributed by atoms with Gasteiger partial charge in [0.05, 0.1) is 18.6 Å². The second-order valence-corrected chi connectivity index (χ2v) is 5.52. The Labute approximate surface area is 119 Å². The summed E-state index contributed by atoms with van der Waals surface area (Å²) in [5.41, 5.74) is -0.586. The predicted octanol–water partition coefficient (Wildman–Crippen LogP) is 2.83. The van der Waals surface area contributed by atoms with Crippen molar-refractivity contribution < 1.29 is 13.9 Å². The fourth-order valence-electron chi connectivity index (χ4n) is 1.70. The van der Waals surface area contributed by atoms with Gasteiger partial charge in [-0.25, -0.2) is 0 Å². The van der Waals surface area contributed by atoms with Crippen molar-refractivity contribution in [2.75, 3.05) is 26.1 Å². The highest BCUT2D eigenvalue weighted by Crippen LogP contribution is 2.22. The number of ether oxygens (including phenoxy) is 1. The summed E-state index contributed by atoms with van der Waals surface area (Å²) < 4.78 is 10.6.